The van der Waals surface area contributed by atoms with Crippen molar-refractivity contribution in [3.05, 3.63) is 41.0 Å². The topological polar surface area (TPSA) is 38.4 Å². The van der Waals surface area contributed by atoms with Gasteiger partial charge in [-0.15, -0.1) is 0 Å². The third kappa shape index (κ3) is 1.53. The van der Waals surface area contributed by atoms with Crippen LogP contribution in [-0.2, 0) is 6.42 Å². The molecule has 0 heterocycles. The third-order valence-corrected chi connectivity index (χ3v) is 2.88. The van der Waals surface area contributed by atoms with Crippen LogP contribution in [0.4, 0.5) is 0 Å². The fraction of sp³-hybridized carbons (Fsp3) is 0.182. The van der Waals surface area contributed by atoms with Crippen molar-refractivity contribution in [1.82, 2.24) is 0 Å². The zero-order chi connectivity index (χ0) is 9.97. The number of fused-ring (bicyclic) bond motifs is 1. The first-order valence-corrected chi connectivity index (χ1v) is 4.91. The van der Waals surface area contributed by atoms with E-state index in [2.05, 4.69) is 11.2 Å². The predicted octanol–water partition coefficient (Wildman–Crippen LogP) is 2.53. The monoisotopic (exact) mass is 206 g/mol. The molecular formula is C11H11ClN2. The summed E-state index contributed by atoms with van der Waals surface area (Å²) in [5.74, 6) is 5.12. The van der Waals surface area contributed by atoms with Crippen molar-refractivity contribution in [2.75, 3.05) is 0 Å². The molecule has 2 nitrogen and oxygen atoms in total. The lowest BCUT2D eigenvalue weighted by Crippen LogP contribution is -2.03. The molecule has 1 aromatic rings. The summed E-state index contributed by atoms with van der Waals surface area (Å²) in [6.45, 7) is 0. The molecular weight excluding hydrogens is 196 g/mol. The minimum Gasteiger partial charge on any atom is -0.323 e. The maximum Gasteiger partial charge on any atom is 0.0529 e. The Labute approximate surface area is 88.1 Å². The molecule has 0 aromatic heterocycles. The molecule has 14 heavy (non-hydrogen) atoms. The van der Waals surface area contributed by atoms with Gasteiger partial charge in [-0.2, -0.15) is 5.10 Å². The lowest BCUT2D eigenvalue weighted by atomic mass is 9.92. The Balaban J connectivity index is 2.51. The second-order valence-corrected chi connectivity index (χ2v) is 3.65. The van der Waals surface area contributed by atoms with E-state index in [-0.39, 0.29) is 0 Å². The van der Waals surface area contributed by atoms with Gasteiger partial charge in [0.2, 0.25) is 0 Å². The molecule has 0 amide bonds. The number of benzene rings is 1. The molecule has 0 aliphatic heterocycles. The number of rotatable bonds is 1. The third-order valence-electron chi connectivity index (χ3n) is 2.43. The lowest BCUT2D eigenvalue weighted by Gasteiger charge is -2.16. The number of nitrogens with two attached hydrogens (primary N) is 1. The molecule has 0 unspecified atom stereocenters. The van der Waals surface area contributed by atoms with Gasteiger partial charge in [0, 0.05) is 0 Å². The summed E-state index contributed by atoms with van der Waals surface area (Å²) in [4.78, 5) is 0. The molecule has 1 aromatic carbocycles. The average molecular weight is 207 g/mol. The number of hydrazone groups is 1. The first-order valence-electron chi connectivity index (χ1n) is 4.53. The van der Waals surface area contributed by atoms with Gasteiger partial charge >= 0.3 is 0 Å². The van der Waals surface area contributed by atoms with Gasteiger partial charge in [-0.1, -0.05) is 35.9 Å². The molecule has 1 aliphatic carbocycles. The molecule has 0 radical (unpaired) electrons. The fourth-order valence-electron chi connectivity index (χ4n) is 1.72. The van der Waals surface area contributed by atoms with Crippen LogP contribution in [-0.4, -0.2) is 6.21 Å². The molecule has 1 aliphatic rings. The molecule has 0 saturated heterocycles. The Kier molecular flexibility index (Phi) is 2.55. The van der Waals surface area contributed by atoms with E-state index in [4.69, 9.17) is 17.4 Å². The highest BCUT2D eigenvalue weighted by Crippen LogP contribution is 2.32. The number of nitrogens with zero attached hydrogens (tertiary/aromatic N) is 1. The van der Waals surface area contributed by atoms with Gasteiger partial charge in [-0.05, 0) is 29.5 Å². The SMILES string of the molecule is N/N=C\C1=C(Cl)c2ccccc2CC1. The van der Waals surface area contributed by atoms with Crippen LogP contribution in [0, 0.1) is 0 Å². The van der Waals surface area contributed by atoms with Crippen molar-refractivity contribution in [3.63, 3.8) is 0 Å². The fourth-order valence-corrected chi connectivity index (χ4v) is 2.04. The highest BCUT2D eigenvalue weighted by Gasteiger charge is 2.15. The molecule has 0 spiro atoms. The van der Waals surface area contributed by atoms with Crippen molar-refractivity contribution in [3.8, 4) is 0 Å². The summed E-state index contributed by atoms with van der Waals surface area (Å²) in [6, 6.07) is 8.16. The van der Waals surface area contributed by atoms with Crippen LogP contribution in [0.5, 0.6) is 0 Å². The van der Waals surface area contributed by atoms with Crippen LogP contribution >= 0.6 is 11.6 Å². The average Bonchev–Trinajstić information content (AvgIpc) is 2.23. The van der Waals surface area contributed by atoms with Gasteiger partial charge in [0.15, 0.2) is 0 Å². The zero-order valence-electron chi connectivity index (χ0n) is 7.70. The Morgan fingerprint density at radius 2 is 2.07 bits per heavy atom. The molecule has 2 N–H and O–H groups in total. The minimum atomic E-state index is 0.779. The van der Waals surface area contributed by atoms with Crippen molar-refractivity contribution in [2.24, 2.45) is 10.9 Å². The molecule has 0 bridgehead atoms. The first-order chi connectivity index (χ1) is 6.83. The molecule has 2 rings (SSSR count). The minimum absolute atomic E-state index is 0.779. The maximum absolute atomic E-state index is 6.22. The standard InChI is InChI=1S/C11H11ClN2/c12-11-9(7-14-13)6-5-8-3-1-2-4-10(8)11/h1-4,7H,5-6,13H2/b14-7-. The lowest BCUT2D eigenvalue weighted by molar-refractivity contribution is 0.959. The maximum atomic E-state index is 6.22. The predicted molar refractivity (Wildman–Crippen MR) is 60.2 cm³/mol. The highest BCUT2D eigenvalue weighted by atomic mass is 35.5. The van der Waals surface area contributed by atoms with Crippen LogP contribution in [0.15, 0.2) is 34.9 Å². The Bertz CT molecular complexity index is 408. The van der Waals surface area contributed by atoms with Crippen molar-refractivity contribution < 1.29 is 0 Å². The summed E-state index contributed by atoms with van der Waals surface area (Å²) in [5.41, 5.74) is 3.43. The molecule has 0 atom stereocenters. The van der Waals surface area contributed by atoms with E-state index < -0.39 is 0 Å². The van der Waals surface area contributed by atoms with E-state index >= 15 is 0 Å². The van der Waals surface area contributed by atoms with E-state index in [1.54, 1.807) is 6.21 Å². The van der Waals surface area contributed by atoms with E-state index in [9.17, 15) is 0 Å². The molecule has 72 valence electrons. The van der Waals surface area contributed by atoms with Gasteiger partial charge in [-0.3, -0.25) is 0 Å². The molecule has 3 heteroatoms. The number of hydrogen-bond acceptors (Lipinski definition) is 2. The van der Waals surface area contributed by atoms with E-state index in [1.165, 1.54) is 5.56 Å². The van der Waals surface area contributed by atoms with Crippen LogP contribution in [0.2, 0.25) is 0 Å². The van der Waals surface area contributed by atoms with Gasteiger partial charge in [0.25, 0.3) is 0 Å². The van der Waals surface area contributed by atoms with Gasteiger partial charge in [0.1, 0.15) is 0 Å². The normalized spacial score (nSPS) is 16.1. The van der Waals surface area contributed by atoms with Gasteiger partial charge in [-0.25, -0.2) is 0 Å². The Hall–Kier alpha value is -1.28. The Morgan fingerprint density at radius 1 is 1.29 bits per heavy atom. The van der Waals surface area contributed by atoms with Crippen molar-refractivity contribution >= 4 is 22.8 Å². The Morgan fingerprint density at radius 3 is 2.86 bits per heavy atom. The smallest absolute Gasteiger partial charge is 0.0529 e. The summed E-state index contributed by atoms with van der Waals surface area (Å²) in [7, 11) is 0. The quantitative estimate of drug-likeness (QED) is 0.428. The van der Waals surface area contributed by atoms with Crippen molar-refractivity contribution in [2.45, 2.75) is 12.8 Å². The van der Waals surface area contributed by atoms with Crippen molar-refractivity contribution in [1.29, 1.82) is 0 Å². The summed E-state index contributed by atoms with van der Waals surface area (Å²) < 4.78 is 0. The second kappa shape index (κ2) is 3.84. The highest BCUT2D eigenvalue weighted by molar-refractivity contribution is 6.50. The van der Waals surface area contributed by atoms with E-state index in [1.807, 2.05) is 18.2 Å². The van der Waals surface area contributed by atoms with Crippen LogP contribution in [0.3, 0.4) is 0 Å². The van der Waals surface area contributed by atoms with E-state index in [0.29, 0.717) is 0 Å². The first kappa shape index (κ1) is 9.28. The summed E-state index contributed by atoms with van der Waals surface area (Å²) in [6.07, 6.45) is 3.56. The number of hydrogen-bond donors (Lipinski definition) is 1. The summed E-state index contributed by atoms with van der Waals surface area (Å²) in [5, 5.41) is 4.29. The molecule has 0 fully saturated rings. The van der Waals surface area contributed by atoms with E-state index in [0.717, 1.165) is 29.0 Å². The zero-order valence-corrected chi connectivity index (χ0v) is 8.46. The van der Waals surface area contributed by atoms with Crippen LogP contribution in [0.25, 0.3) is 5.03 Å². The molecule has 0 saturated carbocycles. The summed E-state index contributed by atoms with van der Waals surface area (Å²) >= 11 is 6.22. The second-order valence-electron chi connectivity index (χ2n) is 3.27. The van der Waals surface area contributed by atoms with Gasteiger partial charge < -0.3 is 5.84 Å². The van der Waals surface area contributed by atoms with Gasteiger partial charge in [0.05, 0.1) is 11.2 Å². The number of allylic oxidation sites excluding steroid dienone is 1. The largest absolute Gasteiger partial charge is 0.323 e. The van der Waals surface area contributed by atoms with Crippen LogP contribution < -0.4 is 5.84 Å². The number of aryl methyl sites for hydroxylation is 1. The number of halogens is 1. The van der Waals surface area contributed by atoms with Crippen LogP contribution in [0.1, 0.15) is 17.5 Å².